The van der Waals surface area contributed by atoms with Crippen LogP contribution in [-0.4, -0.2) is 25.0 Å². The highest BCUT2D eigenvalue weighted by Crippen LogP contribution is 2.17. The van der Waals surface area contributed by atoms with Crippen LogP contribution in [0.2, 0.25) is 0 Å². The van der Waals surface area contributed by atoms with Crippen molar-refractivity contribution in [3.05, 3.63) is 0 Å². The molecule has 18 heavy (non-hydrogen) atoms. The first kappa shape index (κ1) is 15.5. The van der Waals surface area contributed by atoms with Gasteiger partial charge in [-0.1, -0.05) is 39.5 Å². The molecule has 0 spiro atoms. The maximum Gasteiger partial charge on any atom is 0.220 e. The molecule has 3 heteroatoms. The summed E-state index contributed by atoms with van der Waals surface area (Å²) in [6.45, 7) is 6.34. The zero-order valence-electron chi connectivity index (χ0n) is 12.1. The van der Waals surface area contributed by atoms with Gasteiger partial charge >= 0.3 is 0 Å². The van der Waals surface area contributed by atoms with Gasteiger partial charge in [0.25, 0.3) is 0 Å². The van der Waals surface area contributed by atoms with E-state index in [1.165, 1.54) is 38.5 Å². The SMILES string of the molecule is CCCCCC(CC)CC(=O)NCC1CCCN1. The van der Waals surface area contributed by atoms with E-state index >= 15 is 0 Å². The van der Waals surface area contributed by atoms with Gasteiger partial charge < -0.3 is 10.6 Å². The molecule has 1 aliphatic heterocycles. The Morgan fingerprint density at radius 2 is 2.22 bits per heavy atom. The number of unbranched alkanes of at least 4 members (excludes halogenated alkanes) is 2. The van der Waals surface area contributed by atoms with E-state index in [0.717, 1.165) is 19.5 Å². The molecule has 1 heterocycles. The van der Waals surface area contributed by atoms with Crippen molar-refractivity contribution in [2.24, 2.45) is 5.92 Å². The molecule has 2 N–H and O–H groups in total. The van der Waals surface area contributed by atoms with E-state index in [9.17, 15) is 4.79 Å². The summed E-state index contributed by atoms with van der Waals surface area (Å²) < 4.78 is 0. The fourth-order valence-electron chi connectivity index (χ4n) is 2.64. The van der Waals surface area contributed by atoms with Crippen molar-refractivity contribution in [2.75, 3.05) is 13.1 Å². The fourth-order valence-corrected chi connectivity index (χ4v) is 2.64. The Morgan fingerprint density at radius 3 is 2.83 bits per heavy atom. The highest BCUT2D eigenvalue weighted by molar-refractivity contribution is 5.76. The van der Waals surface area contributed by atoms with Crippen molar-refractivity contribution in [2.45, 2.75) is 71.3 Å². The van der Waals surface area contributed by atoms with Crippen molar-refractivity contribution in [3.8, 4) is 0 Å². The first-order chi connectivity index (χ1) is 8.76. The number of hydrogen-bond donors (Lipinski definition) is 2. The zero-order chi connectivity index (χ0) is 13.2. The Hall–Kier alpha value is -0.570. The average Bonchev–Trinajstić information content (AvgIpc) is 2.88. The summed E-state index contributed by atoms with van der Waals surface area (Å²) in [6, 6.07) is 0.508. The molecule has 1 aliphatic rings. The van der Waals surface area contributed by atoms with E-state index in [-0.39, 0.29) is 5.91 Å². The van der Waals surface area contributed by atoms with Crippen molar-refractivity contribution in [1.29, 1.82) is 0 Å². The van der Waals surface area contributed by atoms with Crippen molar-refractivity contribution in [1.82, 2.24) is 10.6 Å². The fraction of sp³-hybridized carbons (Fsp3) is 0.933. The Bertz CT molecular complexity index is 225. The summed E-state index contributed by atoms with van der Waals surface area (Å²) in [5, 5.41) is 6.48. The van der Waals surface area contributed by atoms with E-state index in [2.05, 4.69) is 24.5 Å². The Morgan fingerprint density at radius 1 is 1.39 bits per heavy atom. The molecule has 0 radical (unpaired) electrons. The quantitative estimate of drug-likeness (QED) is 0.621. The van der Waals surface area contributed by atoms with Gasteiger partial charge in [-0.05, 0) is 31.7 Å². The van der Waals surface area contributed by atoms with Crippen LogP contribution >= 0.6 is 0 Å². The second kappa shape index (κ2) is 9.37. The molecule has 2 unspecified atom stereocenters. The highest BCUT2D eigenvalue weighted by Gasteiger charge is 2.16. The van der Waals surface area contributed by atoms with Gasteiger partial charge in [-0.2, -0.15) is 0 Å². The van der Waals surface area contributed by atoms with E-state index in [4.69, 9.17) is 0 Å². The summed E-state index contributed by atoms with van der Waals surface area (Å²) in [5.74, 6) is 0.820. The Labute approximate surface area is 112 Å². The van der Waals surface area contributed by atoms with Gasteiger partial charge in [-0.3, -0.25) is 4.79 Å². The minimum atomic E-state index is 0.243. The molecule has 1 amide bonds. The molecular weight excluding hydrogens is 224 g/mol. The third-order valence-corrected chi connectivity index (χ3v) is 3.98. The lowest BCUT2D eigenvalue weighted by molar-refractivity contribution is -0.122. The summed E-state index contributed by atoms with van der Waals surface area (Å²) in [6.07, 6.45) is 9.32. The van der Waals surface area contributed by atoms with Crippen LogP contribution in [0.1, 0.15) is 65.2 Å². The second-order valence-corrected chi connectivity index (χ2v) is 5.57. The predicted octanol–water partition coefficient (Wildman–Crippen LogP) is 2.85. The lowest BCUT2D eigenvalue weighted by atomic mass is 9.95. The number of amides is 1. The van der Waals surface area contributed by atoms with E-state index < -0.39 is 0 Å². The molecule has 3 nitrogen and oxygen atoms in total. The minimum Gasteiger partial charge on any atom is -0.355 e. The van der Waals surface area contributed by atoms with Gasteiger partial charge in [-0.15, -0.1) is 0 Å². The lowest BCUT2D eigenvalue weighted by Crippen LogP contribution is -2.37. The van der Waals surface area contributed by atoms with Gasteiger partial charge in [0.15, 0.2) is 0 Å². The van der Waals surface area contributed by atoms with Crippen LogP contribution in [-0.2, 0) is 4.79 Å². The minimum absolute atomic E-state index is 0.243. The summed E-state index contributed by atoms with van der Waals surface area (Å²) >= 11 is 0. The molecule has 1 rings (SSSR count). The third kappa shape index (κ3) is 6.39. The Balaban J connectivity index is 2.11. The Kier molecular flexibility index (Phi) is 8.06. The molecule has 0 aromatic carbocycles. The van der Waals surface area contributed by atoms with Gasteiger partial charge in [0.2, 0.25) is 5.91 Å². The maximum atomic E-state index is 11.9. The number of nitrogens with one attached hydrogen (secondary N) is 2. The second-order valence-electron chi connectivity index (χ2n) is 5.57. The molecule has 1 fully saturated rings. The van der Waals surface area contributed by atoms with Crippen LogP contribution in [0.25, 0.3) is 0 Å². The molecule has 0 aliphatic carbocycles. The normalized spacial score (nSPS) is 20.9. The van der Waals surface area contributed by atoms with Gasteiger partial charge in [0, 0.05) is 19.0 Å². The predicted molar refractivity (Wildman–Crippen MR) is 76.6 cm³/mol. The van der Waals surface area contributed by atoms with Crippen LogP contribution < -0.4 is 10.6 Å². The van der Waals surface area contributed by atoms with Crippen molar-refractivity contribution >= 4 is 5.91 Å². The highest BCUT2D eigenvalue weighted by atomic mass is 16.1. The van der Waals surface area contributed by atoms with Crippen LogP contribution in [0.4, 0.5) is 0 Å². The van der Waals surface area contributed by atoms with E-state index in [1.54, 1.807) is 0 Å². The van der Waals surface area contributed by atoms with E-state index in [1.807, 2.05) is 0 Å². The van der Waals surface area contributed by atoms with Gasteiger partial charge in [0.05, 0.1) is 0 Å². The zero-order valence-corrected chi connectivity index (χ0v) is 12.1. The van der Waals surface area contributed by atoms with Gasteiger partial charge in [-0.25, -0.2) is 0 Å². The molecule has 0 saturated carbocycles. The number of carbonyl (C=O) groups excluding carboxylic acids is 1. The summed E-state index contributed by atoms with van der Waals surface area (Å²) in [5.41, 5.74) is 0. The van der Waals surface area contributed by atoms with Crippen molar-refractivity contribution in [3.63, 3.8) is 0 Å². The van der Waals surface area contributed by atoms with Crippen molar-refractivity contribution < 1.29 is 4.79 Å². The van der Waals surface area contributed by atoms with Gasteiger partial charge in [0.1, 0.15) is 0 Å². The number of rotatable bonds is 9. The number of carbonyl (C=O) groups is 1. The largest absolute Gasteiger partial charge is 0.355 e. The summed E-state index contributed by atoms with van der Waals surface area (Å²) in [7, 11) is 0. The molecule has 1 saturated heterocycles. The standard InChI is InChI=1S/C15H30N2O/c1-3-5-6-8-13(4-2)11-15(18)17-12-14-9-7-10-16-14/h13-14,16H,3-12H2,1-2H3,(H,17,18). The molecule has 0 bridgehead atoms. The molecule has 106 valence electrons. The first-order valence-electron chi connectivity index (χ1n) is 7.76. The molecule has 0 aromatic heterocycles. The van der Waals surface area contributed by atoms with Crippen LogP contribution in [0, 0.1) is 5.92 Å². The smallest absolute Gasteiger partial charge is 0.220 e. The maximum absolute atomic E-state index is 11.9. The third-order valence-electron chi connectivity index (χ3n) is 3.98. The van der Waals surface area contributed by atoms with Crippen LogP contribution in [0.15, 0.2) is 0 Å². The molecule has 0 aromatic rings. The average molecular weight is 254 g/mol. The molecule has 2 atom stereocenters. The summed E-state index contributed by atoms with van der Waals surface area (Å²) in [4.78, 5) is 11.9. The molecular formula is C15H30N2O. The number of hydrogen-bond acceptors (Lipinski definition) is 2. The topological polar surface area (TPSA) is 41.1 Å². The van der Waals surface area contributed by atoms with Crippen LogP contribution in [0.5, 0.6) is 0 Å². The monoisotopic (exact) mass is 254 g/mol. The van der Waals surface area contributed by atoms with Crippen LogP contribution in [0.3, 0.4) is 0 Å². The first-order valence-corrected chi connectivity index (χ1v) is 7.76. The van der Waals surface area contributed by atoms with E-state index in [0.29, 0.717) is 18.4 Å². The lowest BCUT2D eigenvalue weighted by Gasteiger charge is -2.16.